The quantitative estimate of drug-likeness (QED) is 0.845. The monoisotopic (exact) mass is 233 g/mol. The van der Waals surface area contributed by atoms with Gasteiger partial charge in [0.2, 0.25) is 5.91 Å². The van der Waals surface area contributed by atoms with Crippen LogP contribution in [0.3, 0.4) is 0 Å². The molecule has 3 nitrogen and oxygen atoms in total. The summed E-state index contributed by atoms with van der Waals surface area (Å²) in [7, 11) is 0. The molecule has 2 rings (SSSR count). The van der Waals surface area contributed by atoms with E-state index in [0.29, 0.717) is 6.42 Å². The fourth-order valence-electron chi connectivity index (χ4n) is 2.06. The third-order valence-corrected chi connectivity index (χ3v) is 2.97. The van der Waals surface area contributed by atoms with Crippen LogP contribution in [-0.2, 0) is 17.6 Å². The van der Waals surface area contributed by atoms with Crippen LogP contribution in [0.4, 0.5) is 0 Å². The van der Waals surface area contributed by atoms with Gasteiger partial charge in [-0.15, -0.1) is 0 Å². The second-order valence-electron chi connectivity index (χ2n) is 4.39. The highest BCUT2D eigenvalue weighted by molar-refractivity contribution is 5.75. The Kier molecular flexibility index (Phi) is 4.02. The minimum atomic E-state index is 0.150. The maximum Gasteiger partial charge on any atom is 0.219 e. The van der Waals surface area contributed by atoms with Crippen LogP contribution in [0.15, 0.2) is 18.2 Å². The number of benzene rings is 1. The summed E-state index contributed by atoms with van der Waals surface area (Å²) in [6, 6.07) is 6.30. The van der Waals surface area contributed by atoms with Gasteiger partial charge in [-0.25, -0.2) is 0 Å². The van der Waals surface area contributed by atoms with Crippen molar-refractivity contribution in [1.29, 1.82) is 0 Å². The number of rotatable bonds is 5. The number of hydrogen-bond donors (Lipinski definition) is 1. The Labute approximate surface area is 102 Å². The van der Waals surface area contributed by atoms with Crippen molar-refractivity contribution in [3.63, 3.8) is 0 Å². The molecule has 1 amide bonds. The van der Waals surface area contributed by atoms with Crippen molar-refractivity contribution in [1.82, 2.24) is 5.32 Å². The average Bonchev–Trinajstić information content (AvgIpc) is 2.76. The number of amides is 1. The Morgan fingerprint density at radius 2 is 2.35 bits per heavy atom. The Hall–Kier alpha value is -1.51. The lowest BCUT2D eigenvalue weighted by Gasteiger charge is -2.06. The second-order valence-corrected chi connectivity index (χ2v) is 4.39. The number of carbonyl (C=O) groups excluding carboxylic acids is 1. The lowest BCUT2D eigenvalue weighted by atomic mass is 10.1. The van der Waals surface area contributed by atoms with E-state index in [9.17, 15) is 4.79 Å². The zero-order valence-electron chi connectivity index (χ0n) is 10.3. The zero-order chi connectivity index (χ0) is 12.1. The van der Waals surface area contributed by atoms with E-state index in [1.165, 1.54) is 11.1 Å². The maximum absolute atomic E-state index is 11.3. The van der Waals surface area contributed by atoms with Crippen molar-refractivity contribution in [3.8, 4) is 5.75 Å². The lowest BCUT2D eigenvalue weighted by molar-refractivity contribution is -0.121. The molecule has 0 atom stereocenters. The molecule has 17 heavy (non-hydrogen) atoms. The standard InChI is InChI=1S/C14H19NO2/c1-2-3-14(16)15-8-6-11-4-5-13-12(10-11)7-9-17-13/h4-5,10H,2-3,6-9H2,1H3,(H,15,16). The van der Waals surface area contributed by atoms with Gasteiger partial charge in [0, 0.05) is 19.4 Å². The predicted molar refractivity (Wildman–Crippen MR) is 67.3 cm³/mol. The normalized spacial score (nSPS) is 13.0. The molecule has 1 heterocycles. The summed E-state index contributed by atoms with van der Waals surface area (Å²) in [4.78, 5) is 11.3. The molecule has 0 radical (unpaired) electrons. The summed E-state index contributed by atoms with van der Waals surface area (Å²) in [6.45, 7) is 3.53. The Morgan fingerprint density at radius 1 is 1.47 bits per heavy atom. The summed E-state index contributed by atoms with van der Waals surface area (Å²) in [5, 5.41) is 2.93. The van der Waals surface area contributed by atoms with E-state index in [1.807, 2.05) is 13.0 Å². The molecule has 0 aliphatic carbocycles. The summed E-state index contributed by atoms with van der Waals surface area (Å²) in [5.41, 5.74) is 2.56. The Morgan fingerprint density at radius 3 is 3.18 bits per heavy atom. The van der Waals surface area contributed by atoms with E-state index < -0.39 is 0 Å². The third-order valence-electron chi connectivity index (χ3n) is 2.97. The van der Waals surface area contributed by atoms with Crippen molar-refractivity contribution in [2.45, 2.75) is 32.6 Å². The summed E-state index contributed by atoms with van der Waals surface area (Å²) in [6.07, 6.45) is 3.42. The molecule has 92 valence electrons. The zero-order valence-corrected chi connectivity index (χ0v) is 10.3. The molecule has 0 spiro atoms. The average molecular weight is 233 g/mol. The smallest absolute Gasteiger partial charge is 0.219 e. The first-order valence-electron chi connectivity index (χ1n) is 6.31. The van der Waals surface area contributed by atoms with E-state index in [4.69, 9.17) is 4.74 Å². The summed E-state index contributed by atoms with van der Waals surface area (Å²) >= 11 is 0. The molecule has 0 saturated carbocycles. The van der Waals surface area contributed by atoms with Crippen molar-refractivity contribution in [2.75, 3.05) is 13.2 Å². The fourth-order valence-corrected chi connectivity index (χ4v) is 2.06. The van der Waals surface area contributed by atoms with Crippen molar-refractivity contribution >= 4 is 5.91 Å². The first-order valence-corrected chi connectivity index (χ1v) is 6.31. The van der Waals surface area contributed by atoms with Gasteiger partial charge in [0.25, 0.3) is 0 Å². The number of carbonyl (C=O) groups is 1. The predicted octanol–water partition coefficient (Wildman–Crippen LogP) is 2.08. The Bertz CT molecular complexity index is 401. The van der Waals surface area contributed by atoms with E-state index in [-0.39, 0.29) is 5.91 Å². The van der Waals surface area contributed by atoms with E-state index in [2.05, 4.69) is 17.4 Å². The highest BCUT2D eigenvalue weighted by Gasteiger charge is 2.11. The van der Waals surface area contributed by atoms with Gasteiger partial charge in [0.05, 0.1) is 6.61 Å². The van der Waals surface area contributed by atoms with Gasteiger partial charge in [-0.05, 0) is 30.0 Å². The molecule has 0 fully saturated rings. The SMILES string of the molecule is CCCC(=O)NCCc1ccc2c(c1)CCO2. The molecule has 1 aromatic carbocycles. The molecule has 3 heteroatoms. The maximum atomic E-state index is 11.3. The highest BCUT2D eigenvalue weighted by Crippen LogP contribution is 2.25. The van der Waals surface area contributed by atoms with Crippen LogP contribution in [-0.4, -0.2) is 19.1 Å². The van der Waals surface area contributed by atoms with Gasteiger partial charge >= 0.3 is 0 Å². The first kappa shape index (κ1) is 12.0. The molecule has 1 aliphatic rings. The van der Waals surface area contributed by atoms with Gasteiger partial charge in [0.1, 0.15) is 5.75 Å². The summed E-state index contributed by atoms with van der Waals surface area (Å²) in [5.74, 6) is 1.17. The third kappa shape index (κ3) is 3.22. The highest BCUT2D eigenvalue weighted by atomic mass is 16.5. The van der Waals surface area contributed by atoms with E-state index in [1.54, 1.807) is 0 Å². The lowest BCUT2D eigenvalue weighted by Crippen LogP contribution is -2.25. The van der Waals surface area contributed by atoms with Gasteiger partial charge in [-0.1, -0.05) is 19.1 Å². The van der Waals surface area contributed by atoms with Crippen LogP contribution in [0.2, 0.25) is 0 Å². The molecule has 1 aliphatic heterocycles. The van der Waals surface area contributed by atoms with Gasteiger partial charge < -0.3 is 10.1 Å². The number of hydrogen-bond acceptors (Lipinski definition) is 2. The summed E-state index contributed by atoms with van der Waals surface area (Å²) < 4.78 is 5.46. The van der Waals surface area contributed by atoms with Gasteiger partial charge in [-0.2, -0.15) is 0 Å². The second kappa shape index (κ2) is 5.71. The first-order chi connectivity index (χ1) is 8.29. The number of nitrogens with one attached hydrogen (secondary N) is 1. The molecule has 0 saturated heterocycles. The molecule has 0 bridgehead atoms. The van der Waals surface area contributed by atoms with Crippen LogP contribution in [0, 0.1) is 0 Å². The number of ether oxygens (including phenoxy) is 1. The molecular formula is C14H19NO2. The Balaban J connectivity index is 1.81. The van der Waals surface area contributed by atoms with Crippen LogP contribution < -0.4 is 10.1 Å². The number of fused-ring (bicyclic) bond motifs is 1. The van der Waals surface area contributed by atoms with Crippen LogP contribution >= 0.6 is 0 Å². The topological polar surface area (TPSA) is 38.3 Å². The molecule has 1 N–H and O–H groups in total. The van der Waals surface area contributed by atoms with Crippen molar-refractivity contribution < 1.29 is 9.53 Å². The fraction of sp³-hybridized carbons (Fsp3) is 0.500. The van der Waals surface area contributed by atoms with Gasteiger partial charge in [0.15, 0.2) is 0 Å². The minimum absolute atomic E-state index is 0.150. The molecule has 0 aromatic heterocycles. The minimum Gasteiger partial charge on any atom is -0.493 e. The van der Waals surface area contributed by atoms with Gasteiger partial charge in [-0.3, -0.25) is 4.79 Å². The largest absolute Gasteiger partial charge is 0.493 e. The molecule has 1 aromatic rings. The van der Waals surface area contributed by atoms with E-state index in [0.717, 1.165) is 38.2 Å². The van der Waals surface area contributed by atoms with E-state index >= 15 is 0 Å². The molecular weight excluding hydrogens is 214 g/mol. The molecule has 0 unspecified atom stereocenters. The van der Waals surface area contributed by atoms with Crippen LogP contribution in [0.25, 0.3) is 0 Å². The van der Waals surface area contributed by atoms with Crippen molar-refractivity contribution in [3.05, 3.63) is 29.3 Å². The van der Waals surface area contributed by atoms with Crippen molar-refractivity contribution in [2.24, 2.45) is 0 Å². The van der Waals surface area contributed by atoms with Crippen LogP contribution in [0.1, 0.15) is 30.9 Å². The van der Waals surface area contributed by atoms with Crippen LogP contribution in [0.5, 0.6) is 5.75 Å².